The largest absolute Gasteiger partial charge is 0.401 e. The van der Waals surface area contributed by atoms with Crippen LogP contribution in [0, 0.1) is 0 Å². The van der Waals surface area contributed by atoms with E-state index >= 15 is 0 Å². The van der Waals surface area contributed by atoms with Gasteiger partial charge in [-0.25, -0.2) is 0 Å². The van der Waals surface area contributed by atoms with Gasteiger partial charge in [-0.2, -0.15) is 13.2 Å². The minimum absolute atomic E-state index is 0.271. The van der Waals surface area contributed by atoms with Crippen LogP contribution in [-0.4, -0.2) is 56.0 Å². The maximum Gasteiger partial charge on any atom is 0.401 e. The lowest BCUT2D eigenvalue weighted by Crippen LogP contribution is -2.50. The monoisotopic (exact) mass is 280 g/mol. The van der Waals surface area contributed by atoms with Crippen LogP contribution < -0.4 is 5.32 Å². The summed E-state index contributed by atoms with van der Waals surface area (Å²) in [4.78, 5) is 1.50. The summed E-state index contributed by atoms with van der Waals surface area (Å²) in [5, 5.41) is 3.57. The van der Waals surface area contributed by atoms with E-state index in [1.54, 1.807) is 7.11 Å². The summed E-state index contributed by atoms with van der Waals surface area (Å²) in [5.41, 5.74) is 0. The SMILES string of the molecule is COC1CCCC1NC1CCN(CC(F)(F)F)CC1. The van der Waals surface area contributed by atoms with Gasteiger partial charge in [0.2, 0.25) is 0 Å². The molecule has 3 nitrogen and oxygen atoms in total. The Morgan fingerprint density at radius 2 is 1.84 bits per heavy atom. The standard InChI is InChI=1S/C13H23F3N2O/c1-19-12-4-2-3-11(12)17-10-5-7-18(8-6-10)9-13(14,15)16/h10-12,17H,2-9H2,1H3. The number of nitrogens with zero attached hydrogens (tertiary/aromatic N) is 1. The van der Waals surface area contributed by atoms with Crippen molar-refractivity contribution in [1.29, 1.82) is 0 Å². The Bertz CT molecular complexity index is 278. The highest BCUT2D eigenvalue weighted by Crippen LogP contribution is 2.24. The number of rotatable bonds is 4. The number of ether oxygens (including phenoxy) is 1. The quantitative estimate of drug-likeness (QED) is 0.854. The summed E-state index contributed by atoms with van der Waals surface area (Å²) in [6.07, 6.45) is 1.15. The third-order valence-electron chi connectivity index (χ3n) is 4.20. The molecule has 0 amide bonds. The Balaban J connectivity index is 1.71. The lowest BCUT2D eigenvalue weighted by molar-refractivity contribution is -0.148. The first kappa shape index (κ1) is 15.1. The van der Waals surface area contributed by atoms with Crippen LogP contribution in [0.3, 0.4) is 0 Å². The number of piperidine rings is 1. The molecule has 0 bridgehead atoms. The highest BCUT2D eigenvalue weighted by Gasteiger charge is 2.34. The Kier molecular flexibility index (Phi) is 5.09. The van der Waals surface area contributed by atoms with Crippen molar-refractivity contribution in [2.75, 3.05) is 26.7 Å². The average Bonchev–Trinajstić information content (AvgIpc) is 2.77. The fourth-order valence-corrected chi connectivity index (χ4v) is 3.21. The molecule has 1 saturated heterocycles. The van der Waals surface area contributed by atoms with Crippen LogP contribution >= 0.6 is 0 Å². The first-order valence-electron chi connectivity index (χ1n) is 7.06. The molecule has 2 atom stereocenters. The maximum atomic E-state index is 12.3. The summed E-state index contributed by atoms with van der Waals surface area (Å²) in [5.74, 6) is 0. The summed E-state index contributed by atoms with van der Waals surface area (Å²) >= 11 is 0. The van der Waals surface area contributed by atoms with E-state index in [-0.39, 0.29) is 6.10 Å². The number of likely N-dealkylation sites (tertiary alicyclic amines) is 1. The molecule has 1 aliphatic carbocycles. The molecule has 1 saturated carbocycles. The molecular weight excluding hydrogens is 257 g/mol. The van der Waals surface area contributed by atoms with Crippen LogP contribution in [0.1, 0.15) is 32.1 Å². The van der Waals surface area contributed by atoms with E-state index in [1.165, 1.54) is 11.3 Å². The van der Waals surface area contributed by atoms with E-state index < -0.39 is 12.7 Å². The Morgan fingerprint density at radius 1 is 1.16 bits per heavy atom. The maximum absolute atomic E-state index is 12.3. The fraction of sp³-hybridized carbons (Fsp3) is 1.00. The molecule has 1 aliphatic heterocycles. The van der Waals surface area contributed by atoms with Gasteiger partial charge in [-0.05, 0) is 45.2 Å². The van der Waals surface area contributed by atoms with Gasteiger partial charge in [-0.1, -0.05) is 0 Å². The Hall–Kier alpha value is -0.330. The van der Waals surface area contributed by atoms with Crippen molar-refractivity contribution >= 4 is 0 Å². The topological polar surface area (TPSA) is 24.5 Å². The Labute approximate surface area is 112 Å². The minimum Gasteiger partial charge on any atom is -0.380 e. The first-order chi connectivity index (χ1) is 8.98. The molecule has 0 aromatic rings. The number of halogens is 3. The first-order valence-corrected chi connectivity index (χ1v) is 7.06. The van der Waals surface area contributed by atoms with Gasteiger partial charge in [-0.15, -0.1) is 0 Å². The van der Waals surface area contributed by atoms with Gasteiger partial charge in [0.25, 0.3) is 0 Å². The number of hydrogen-bond donors (Lipinski definition) is 1. The molecule has 2 aliphatic rings. The summed E-state index contributed by atoms with van der Waals surface area (Å²) in [6, 6.07) is 0.717. The van der Waals surface area contributed by atoms with Crippen molar-refractivity contribution in [3.8, 4) is 0 Å². The van der Waals surface area contributed by atoms with Crippen molar-refractivity contribution in [2.24, 2.45) is 0 Å². The molecule has 2 fully saturated rings. The molecule has 0 radical (unpaired) electrons. The van der Waals surface area contributed by atoms with Gasteiger partial charge in [0, 0.05) is 19.2 Å². The second-order valence-electron chi connectivity index (χ2n) is 5.64. The van der Waals surface area contributed by atoms with Crippen LogP contribution in [0.15, 0.2) is 0 Å². The van der Waals surface area contributed by atoms with E-state index in [0.717, 1.165) is 25.7 Å². The predicted octanol–water partition coefficient (Wildman–Crippen LogP) is 2.17. The molecular formula is C13H23F3N2O. The normalized spacial score (nSPS) is 30.9. The molecule has 0 aromatic carbocycles. The highest BCUT2D eigenvalue weighted by molar-refractivity contribution is 4.88. The van der Waals surface area contributed by atoms with E-state index in [2.05, 4.69) is 5.32 Å². The molecule has 112 valence electrons. The van der Waals surface area contributed by atoms with Gasteiger partial charge in [0.05, 0.1) is 12.6 Å². The molecule has 0 spiro atoms. The molecule has 1 heterocycles. The van der Waals surface area contributed by atoms with Gasteiger partial charge in [-0.3, -0.25) is 4.90 Å². The van der Waals surface area contributed by atoms with Gasteiger partial charge >= 0.3 is 6.18 Å². The zero-order chi connectivity index (χ0) is 13.9. The minimum atomic E-state index is -4.08. The van der Waals surface area contributed by atoms with E-state index in [1.807, 2.05) is 0 Å². The molecule has 6 heteroatoms. The van der Waals surface area contributed by atoms with Crippen LogP contribution in [0.25, 0.3) is 0 Å². The van der Waals surface area contributed by atoms with Gasteiger partial charge in [0.1, 0.15) is 0 Å². The molecule has 2 rings (SSSR count). The van der Waals surface area contributed by atoms with Crippen LogP contribution in [-0.2, 0) is 4.74 Å². The average molecular weight is 280 g/mol. The highest BCUT2D eigenvalue weighted by atomic mass is 19.4. The van der Waals surface area contributed by atoms with Crippen molar-refractivity contribution < 1.29 is 17.9 Å². The number of nitrogens with one attached hydrogen (secondary N) is 1. The fourth-order valence-electron chi connectivity index (χ4n) is 3.21. The summed E-state index contributed by atoms with van der Waals surface area (Å²) in [6.45, 7) is 0.285. The second-order valence-corrected chi connectivity index (χ2v) is 5.64. The van der Waals surface area contributed by atoms with Gasteiger partial charge in [0.15, 0.2) is 0 Å². The Morgan fingerprint density at radius 3 is 2.42 bits per heavy atom. The zero-order valence-corrected chi connectivity index (χ0v) is 11.4. The van der Waals surface area contributed by atoms with Crippen molar-refractivity contribution in [2.45, 2.75) is 56.5 Å². The summed E-state index contributed by atoms with van der Waals surface area (Å²) < 4.78 is 42.3. The van der Waals surface area contributed by atoms with Crippen LogP contribution in [0.5, 0.6) is 0 Å². The molecule has 0 aromatic heterocycles. The van der Waals surface area contributed by atoms with E-state index in [9.17, 15) is 13.2 Å². The number of hydrogen-bond acceptors (Lipinski definition) is 3. The molecule has 19 heavy (non-hydrogen) atoms. The van der Waals surface area contributed by atoms with Crippen molar-refractivity contribution in [3.05, 3.63) is 0 Å². The number of alkyl halides is 3. The molecule has 2 unspecified atom stereocenters. The zero-order valence-electron chi connectivity index (χ0n) is 11.4. The predicted molar refractivity (Wildman–Crippen MR) is 67.1 cm³/mol. The smallest absolute Gasteiger partial charge is 0.380 e. The summed E-state index contributed by atoms with van der Waals surface area (Å²) in [7, 11) is 1.73. The second kappa shape index (κ2) is 6.41. The van der Waals surface area contributed by atoms with E-state index in [0.29, 0.717) is 25.2 Å². The van der Waals surface area contributed by atoms with Crippen LogP contribution in [0.2, 0.25) is 0 Å². The third kappa shape index (κ3) is 4.61. The van der Waals surface area contributed by atoms with Gasteiger partial charge < -0.3 is 10.1 Å². The van der Waals surface area contributed by atoms with Crippen LogP contribution in [0.4, 0.5) is 13.2 Å². The van der Waals surface area contributed by atoms with E-state index in [4.69, 9.17) is 4.74 Å². The lowest BCUT2D eigenvalue weighted by atomic mass is 10.0. The van der Waals surface area contributed by atoms with Crippen molar-refractivity contribution in [1.82, 2.24) is 10.2 Å². The molecule has 1 N–H and O–H groups in total. The van der Waals surface area contributed by atoms with Crippen molar-refractivity contribution in [3.63, 3.8) is 0 Å². The lowest BCUT2D eigenvalue weighted by Gasteiger charge is -2.35. The third-order valence-corrected chi connectivity index (χ3v) is 4.20. The number of methoxy groups -OCH3 is 1.